The molecule has 0 atom stereocenters. The van der Waals surface area contributed by atoms with E-state index in [1.54, 1.807) is 0 Å². The van der Waals surface area contributed by atoms with Crippen LogP contribution in [0.2, 0.25) is 5.02 Å². The number of aromatic nitrogens is 1. The number of benzene rings is 3. The average molecular weight is 550 g/mol. The van der Waals surface area contributed by atoms with Crippen molar-refractivity contribution in [2.75, 3.05) is 0 Å². The Balaban J connectivity index is 1.49. The smallest absolute Gasteiger partial charge is 0.162 e. The summed E-state index contributed by atoms with van der Waals surface area (Å²) in [5.41, 5.74) is 10.6. The second-order valence-electron chi connectivity index (χ2n) is 10.9. The molecule has 0 amide bonds. The Bertz CT molecular complexity index is 1570. The van der Waals surface area contributed by atoms with Crippen LogP contribution in [0.15, 0.2) is 79.0 Å². The van der Waals surface area contributed by atoms with E-state index < -0.39 is 0 Å². The molecule has 0 N–H and O–H groups in total. The number of aryl methyl sites for hydroxylation is 2. The molecule has 1 fully saturated rings. The molecule has 1 aliphatic carbocycles. The van der Waals surface area contributed by atoms with Crippen molar-refractivity contribution >= 4 is 29.2 Å². The molecule has 4 aromatic rings. The Labute approximate surface area is 242 Å². The summed E-state index contributed by atoms with van der Waals surface area (Å²) in [6, 6.07) is 23.5. The van der Waals surface area contributed by atoms with Crippen LogP contribution >= 0.6 is 11.6 Å². The SMILES string of the molecule is CCC(=O)/C(=C\Cc1cc(CC=O)cn1C)c1cc(-c2ccc(-c3ccccc3C3CCC3)cc2)c(Cl)cc1C. The summed E-state index contributed by atoms with van der Waals surface area (Å²) in [7, 11) is 1.97. The molecule has 1 aromatic heterocycles. The van der Waals surface area contributed by atoms with Crippen molar-refractivity contribution in [1.82, 2.24) is 4.57 Å². The second-order valence-corrected chi connectivity index (χ2v) is 11.3. The molecule has 3 aromatic carbocycles. The van der Waals surface area contributed by atoms with Gasteiger partial charge in [-0.1, -0.05) is 79.6 Å². The fraction of sp³-hybridized carbons (Fsp3) is 0.278. The number of nitrogens with zero attached hydrogens (tertiary/aromatic N) is 1. The first-order chi connectivity index (χ1) is 19.4. The Morgan fingerprint density at radius 3 is 2.33 bits per heavy atom. The van der Waals surface area contributed by atoms with E-state index in [0.29, 0.717) is 35.8 Å². The fourth-order valence-electron chi connectivity index (χ4n) is 5.72. The summed E-state index contributed by atoms with van der Waals surface area (Å²) < 4.78 is 2.02. The molecule has 4 heteroatoms. The Morgan fingerprint density at radius 1 is 0.975 bits per heavy atom. The van der Waals surface area contributed by atoms with Gasteiger partial charge in [0, 0.05) is 54.4 Å². The Kier molecular flexibility index (Phi) is 8.52. The van der Waals surface area contributed by atoms with E-state index in [-0.39, 0.29) is 5.78 Å². The predicted octanol–water partition coefficient (Wildman–Crippen LogP) is 8.94. The lowest BCUT2D eigenvalue weighted by Crippen LogP contribution is -2.09. The molecule has 1 aliphatic rings. The third kappa shape index (κ3) is 5.76. The topological polar surface area (TPSA) is 39.1 Å². The van der Waals surface area contributed by atoms with Crippen molar-refractivity contribution in [3.05, 3.63) is 112 Å². The molecule has 3 nitrogen and oxygen atoms in total. The number of allylic oxidation sites excluding steroid dienone is 2. The van der Waals surface area contributed by atoms with Crippen molar-refractivity contribution < 1.29 is 9.59 Å². The normalized spacial score (nSPS) is 13.8. The molecule has 0 aliphatic heterocycles. The molecular formula is C36H36ClNO2. The monoisotopic (exact) mass is 549 g/mol. The number of halogens is 1. The van der Waals surface area contributed by atoms with Crippen LogP contribution in [0.25, 0.3) is 27.8 Å². The molecule has 0 bridgehead atoms. The highest BCUT2D eigenvalue weighted by molar-refractivity contribution is 6.33. The first kappa shape index (κ1) is 27.9. The number of hydrogen-bond acceptors (Lipinski definition) is 2. The lowest BCUT2D eigenvalue weighted by atomic mass is 9.77. The molecule has 1 heterocycles. The summed E-state index contributed by atoms with van der Waals surface area (Å²) >= 11 is 6.79. The number of carbonyl (C=O) groups excluding carboxylic acids is 2. The Morgan fingerprint density at radius 2 is 1.68 bits per heavy atom. The zero-order chi connectivity index (χ0) is 28.2. The number of carbonyl (C=O) groups is 2. The van der Waals surface area contributed by atoms with E-state index >= 15 is 0 Å². The third-order valence-electron chi connectivity index (χ3n) is 8.24. The second kappa shape index (κ2) is 12.2. The summed E-state index contributed by atoms with van der Waals surface area (Å²) in [5.74, 6) is 0.764. The molecule has 204 valence electrons. The molecule has 40 heavy (non-hydrogen) atoms. The van der Waals surface area contributed by atoms with Crippen LogP contribution in [-0.2, 0) is 29.5 Å². The van der Waals surface area contributed by atoms with Crippen LogP contribution in [0.1, 0.15) is 66.5 Å². The number of Topliss-reactive ketones (excluding diaryl/α,β-unsaturated/α-hetero) is 1. The summed E-state index contributed by atoms with van der Waals surface area (Å²) in [6.45, 7) is 3.90. The average Bonchev–Trinajstić information content (AvgIpc) is 3.28. The zero-order valence-electron chi connectivity index (χ0n) is 23.5. The summed E-state index contributed by atoms with van der Waals surface area (Å²) in [4.78, 5) is 24.1. The molecule has 1 saturated carbocycles. The number of rotatable bonds is 10. The molecule has 0 spiro atoms. The van der Waals surface area contributed by atoms with Gasteiger partial charge in [0.2, 0.25) is 0 Å². The molecule has 0 unspecified atom stereocenters. The van der Waals surface area contributed by atoms with Gasteiger partial charge in [0.25, 0.3) is 0 Å². The third-order valence-corrected chi connectivity index (χ3v) is 8.55. The number of hydrogen-bond donors (Lipinski definition) is 0. The summed E-state index contributed by atoms with van der Waals surface area (Å²) in [5, 5.41) is 0.674. The molecule has 0 saturated heterocycles. The van der Waals surface area contributed by atoms with Gasteiger partial charge < -0.3 is 9.36 Å². The van der Waals surface area contributed by atoms with Gasteiger partial charge in [-0.25, -0.2) is 0 Å². The van der Waals surface area contributed by atoms with Gasteiger partial charge in [0.05, 0.1) is 0 Å². The maximum atomic E-state index is 13.2. The van der Waals surface area contributed by atoms with E-state index in [4.69, 9.17) is 11.6 Å². The van der Waals surface area contributed by atoms with Crippen LogP contribution < -0.4 is 0 Å². The van der Waals surface area contributed by atoms with Crippen molar-refractivity contribution in [2.24, 2.45) is 7.05 Å². The lowest BCUT2D eigenvalue weighted by Gasteiger charge is -2.28. The van der Waals surface area contributed by atoms with Gasteiger partial charge in [0.1, 0.15) is 6.29 Å². The number of ketones is 1. The highest BCUT2D eigenvalue weighted by Gasteiger charge is 2.22. The Hall–Kier alpha value is -3.69. The predicted molar refractivity (Wildman–Crippen MR) is 166 cm³/mol. The molecular weight excluding hydrogens is 514 g/mol. The van der Waals surface area contributed by atoms with Crippen LogP contribution in [0, 0.1) is 6.92 Å². The maximum Gasteiger partial charge on any atom is 0.162 e. The lowest BCUT2D eigenvalue weighted by molar-refractivity contribution is -0.113. The molecule has 0 radical (unpaired) electrons. The van der Waals surface area contributed by atoms with Crippen LogP contribution in [0.5, 0.6) is 0 Å². The maximum absolute atomic E-state index is 13.2. The minimum atomic E-state index is 0.0987. The van der Waals surface area contributed by atoms with Gasteiger partial charge >= 0.3 is 0 Å². The van der Waals surface area contributed by atoms with Gasteiger partial charge in [-0.15, -0.1) is 0 Å². The number of aldehydes is 1. The summed E-state index contributed by atoms with van der Waals surface area (Å²) in [6.07, 6.45) is 10.2. The van der Waals surface area contributed by atoms with E-state index in [1.807, 2.05) is 49.9 Å². The van der Waals surface area contributed by atoms with Gasteiger partial charge in [-0.2, -0.15) is 0 Å². The fourth-order valence-corrected chi connectivity index (χ4v) is 6.04. The first-order valence-corrected chi connectivity index (χ1v) is 14.6. The van der Waals surface area contributed by atoms with Crippen molar-refractivity contribution in [3.8, 4) is 22.3 Å². The van der Waals surface area contributed by atoms with Crippen LogP contribution in [0.4, 0.5) is 0 Å². The van der Waals surface area contributed by atoms with Crippen molar-refractivity contribution in [1.29, 1.82) is 0 Å². The zero-order valence-corrected chi connectivity index (χ0v) is 24.3. The minimum absolute atomic E-state index is 0.0987. The van der Waals surface area contributed by atoms with Crippen LogP contribution in [-0.4, -0.2) is 16.6 Å². The van der Waals surface area contributed by atoms with Crippen LogP contribution in [0.3, 0.4) is 0 Å². The van der Waals surface area contributed by atoms with Crippen molar-refractivity contribution in [3.63, 3.8) is 0 Å². The van der Waals surface area contributed by atoms with Crippen molar-refractivity contribution in [2.45, 2.75) is 58.3 Å². The standard InChI is InChI=1S/C36H36ClNO2/c1-4-36(40)32(17-16-29-21-25(18-19-39)23-38(29)3)33-22-34(35(37)20-24(33)2)28-14-12-27(13-15-28)31-11-6-5-10-30(31)26-8-7-9-26/h5-6,10-15,17,19-23,26H,4,7-9,16,18H2,1-3H3/b32-17-. The van der Waals surface area contributed by atoms with Gasteiger partial charge in [-0.3, -0.25) is 4.79 Å². The first-order valence-electron chi connectivity index (χ1n) is 14.2. The van der Waals surface area contributed by atoms with E-state index in [1.165, 1.54) is 36.0 Å². The van der Waals surface area contributed by atoms with Gasteiger partial charge in [-0.05, 0) is 82.8 Å². The highest BCUT2D eigenvalue weighted by atomic mass is 35.5. The van der Waals surface area contributed by atoms with E-state index in [9.17, 15) is 9.59 Å². The highest BCUT2D eigenvalue weighted by Crippen LogP contribution is 2.42. The van der Waals surface area contributed by atoms with E-state index in [2.05, 4.69) is 54.6 Å². The van der Waals surface area contributed by atoms with E-state index in [0.717, 1.165) is 39.8 Å². The van der Waals surface area contributed by atoms with Gasteiger partial charge in [0.15, 0.2) is 5.78 Å². The quantitative estimate of drug-likeness (QED) is 0.146. The minimum Gasteiger partial charge on any atom is -0.354 e. The largest absolute Gasteiger partial charge is 0.354 e. The molecule has 5 rings (SSSR count).